The van der Waals surface area contributed by atoms with Gasteiger partial charge >= 0.3 is 71.7 Å². The van der Waals surface area contributed by atoms with E-state index in [4.69, 9.17) is 69.5 Å². The fourth-order valence-electron chi connectivity index (χ4n) is 7.48. The molecule has 0 spiro atoms. The Morgan fingerprint density at radius 2 is 0.420 bits per heavy atom. The maximum absolute atomic E-state index is 11.2. The van der Waals surface area contributed by atoms with Gasteiger partial charge in [0.1, 0.15) is 0 Å². The molecule has 81 heavy (non-hydrogen) atoms. The van der Waals surface area contributed by atoms with E-state index in [1.165, 1.54) is 180 Å². The van der Waals surface area contributed by atoms with Gasteiger partial charge in [-0.2, -0.15) is 13.5 Å². The van der Waals surface area contributed by atoms with Crippen LogP contribution in [0, 0.1) is 0 Å². The molecule has 0 heterocycles. The van der Waals surface area contributed by atoms with Crippen molar-refractivity contribution < 1.29 is 38.1 Å². The van der Waals surface area contributed by atoms with Gasteiger partial charge in [-0.05, 0) is 103 Å². The van der Waals surface area contributed by atoms with Crippen LogP contribution in [-0.2, 0) is 88.6 Å². The van der Waals surface area contributed by atoms with E-state index in [0.29, 0.717) is 75.1 Å². The summed E-state index contributed by atoms with van der Waals surface area (Å²) in [6.07, 6.45) is 64.2. The molecule has 0 aromatic rings. The van der Waals surface area contributed by atoms with E-state index in [2.05, 4.69) is 76.3 Å². The standard InChI is InChI=1S/4C16H30O2S.2CH4.H2S.2Sn/c4*1-2-3-4-5-6-7-8-9-10-11-12-13-16(17)18-14-15-19;;;;;/h4*9-10,19H,2-8,11-15H2,1H3;2*1H4;1H2;;/q;;;;;;;2*+2/p-4/b4*10-9+;;;;;. The van der Waals surface area contributed by atoms with Crippen molar-refractivity contribution >= 4 is 136 Å². The van der Waals surface area contributed by atoms with Gasteiger partial charge in [0, 0.05) is 25.7 Å². The van der Waals surface area contributed by atoms with Crippen molar-refractivity contribution in [3.05, 3.63) is 48.6 Å². The minimum atomic E-state index is -0.117. The molecule has 0 aromatic carbocycles. The Labute approximate surface area is 566 Å². The number of esters is 4. The second-order valence-corrected chi connectivity index (χ2v) is 21.0. The second-order valence-electron chi connectivity index (χ2n) is 19.4. The first-order chi connectivity index (χ1) is 37.2. The molecule has 0 saturated heterocycles. The molecule has 15 heteroatoms. The predicted molar refractivity (Wildman–Crippen MR) is 372 cm³/mol. The van der Waals surface area contributed by atoms with Crippen LogP contribution in [0.1, 0.15) is 299 Å². The number of hydrogen-bond acceptors (Lipinski definition) is 12. The summed E-state index contributed by atoms with van der Waals surface area (Å²) < 4.78 is 19.7. The van der Waals surface area contributed by atoms with Crippen molar-refractivity contribution in [3.8, 4) is 0 Å². The molecule has 0 aromatic heterocycles. The first kappa shape index (κ1) is 100. The van der Waals surface area contributed by atoms with Crippen molar-refractivity contribution in [2.45, 2.75) is 299 Å². The van der Waals surface area contributed by atoms with Crippen molar-refractivity contribution in [1.82, 2.24) is 0 Å². The summed E-state index contributed by atoms with van der Waals surface area (Å²) >= 11 is 18.8. The molecule has 0 fully saturated rings. The van der Waals surface area contributed by atoms with Gasteiger partial charge in [-0.3, -0.25) is 19.2 Å². The van der Waals surface area contributed by atoms with Crippen LogP contribution < -0.4 is 0 Å². The summed E-state index contributed by atoms with van der Waals surface area (Å²) in [6.45, 7) is 10.5. The van der Waals surface area contributed by atoms with E-state index in [0.717, 1.165) is 51.4 Å². The van der Waals surface area contributed by atoms with Crippen LogP contribution in [0.2, 0.25) is 0 Å². The largest absolute Gasteiger partial charge is 2.00 e. The Morgan fingerprint density at radius 1 is 0.272 bits per heavy atom. The third-order valence-corrected chi connectivity index (χ3v) is 12.6. The van der Waals surface area contributed by atoms with Gasteiger partial charge in [0.25, 0.3) is 0 Å². The van der Waals surface area contributed by atoms with Crippen LogP contribution in [0.25, 0.3) is 0 Å². The number of hydrogen-bond donors (Lipinski definition) is 0. The van der Waals surface area contributed by atoms with E-state index in [1.54, 1.807) is 0 Å². The van der Waals surface area contributed by atoms with Gasteiger partial charge in [-0.15, -0.1) is 23.0 Å². The molecule has 0 atom stereocenters. The average Bonchev–Trinajstić information content (AvgIpc) is 3.42. The third kappa shape index (κ3) is 105. The smallest absolute Gasteiger partial charge is 0.789 e. The summed E-state index contributed by atoms with van der Waals surface area (Å²) in [7, 11) is 0. The molecule has 476 valence electrons. The van der Waals surface area contributed by atoms with Crippen molar-refractivity contribution in [1.29, 1.82) is 0 Å². The predicted octanol–water partition coefficient (Wildman–Crippen LogP) is 18.8. The molecular weight excluding hydrogens is 1320 g/mol. The number of carbonyl (C=O) groups excluding carboxylic acids is 4. The Bertz CT molecular complexity index is 1120. The van der Waals surface area contributed by atoms with Crippen LogP contribution in [0.15, 0.2) is 48.6 Å². The minimum absolute atomic E-state index is 0. The van der Waals surface area contributed by atoms with Gasteiger partial charge in [0.15, 0.2) is 0 Å². The first-order valence-corrected chi connectivity index (χ1v) is 33.1. The third-order valence-electron chi connectivity index (χ3n) is 12.0. The van der Waals surface area contributed by atoms with Crippen LogP contribution in [-0.4, -0.2) is 121 Å². The van der Waals surface area contributed by atoms with E-state index in [9.17, 15) is 19.2 Å². The minimum Gasteiger partial charge on any atom is -0.789 e. The molecule has 0 rings (SSSR count). The Kier molecular flexibility index (Phi) is 119. The maximum atomic E-state index is 11.2. The monoisotopic (exact) mass is 1450 g/mol. The zero-order valence-corrected chi connectivity index (χ0v) is 60.9. The molecule has 0 aliphatic rings. The van der Waals surface area contributed by atoms with Crippen molar-refractivity contribution in [3.63, 3.8) is 0 Å². The SMILES string of the molecule is C.C.CCCCCCCC/C=C/CCCC(=O)OCC[S-].CCCCCCCC/C=C/CCCC(=O)OCC[S-].CCCCCCCC/C=C/CCCC(=O)OCC[S-].CCCCCCCC/C=C/CCCC(=O)OCC[S-].S.[Sn+2].[Sn+2]. The van der Waals surface area contributed by atoms with Gasteiger partial charge in [0.05, 0.1) is 26.4 Å². The van der Waals surface area contributed by atoms with Crippen LogP contribution in [0.5, 0.6) is 0 Å². The molecule has 0 unspecified atom stereocenters. The van der Waals surface area contributed by atoms with Crippen LogP contribution in [0.4, 0.5) is 0 Å². The van der Waals surface area contributed by atoms with E-state index in [1.807, 2.05) is 0 Å². The van der Waals surface area contributed by atoms with Crippen LogP contribution in [0.3, 0.4) is 0 Å². The first-order valence-electron chi connectivity index (χ1n) is 30.8. The number of ether oxygens (including phenoxy) is 4. The average molecular weight is 1450 g/mol. The van der Waals surface area contributed by atoms with E-state index in [-0.39, 0.29) is 100 Å². The summed E-state index contributed by atoms with van der Waals surface area (Å²) in [4.78, 5) is 44.7. The topological polar surface area (TPSA) is 105 Å². The number of carbonyl (C=O) groups is 4. The summed E-state index contributed by atoms with van der Waals surface area (Å²) in [5.74, 6) is 1.49. The Hall–Kier alpha value is 0.187. The van der Waals surface area contributed by atoms with Gasteiger partial charge in [0.2, 0.25) is 0 Å². The molecule has 0 amide bonds. The molecule has 8 nitrogen and oxygen atoms in total. The Morgan fingerprint density at radius 3 is 0.580 bits per heavy atom. The Balaban J connectivity index is -0.000000119. The molecule has 4 radical (unpaired) electrons. The fourth-order valence-corrected chi connectivity index (χ4v) is 7.81. The number of rotatable bonds is 52. The summed E-state index contributed by atoms with van der Waals surface area (Å²) in [5, 5.41) is 0. The normalized spacial score (nSPS) is 10.4. The molecule has 0 aliphatic heterocycles. The zero-order valence-electron chi connectivity index (χ0n) is 51.0. The van der Waals surface area contributed by atoms with E-state index >= 15 is 0 Å². The van der Waals surface area contributed by atoms with Crippen LogP contribution >= 0.6 is 13.5 Å². The zero-order chi connectivity index (χ0) is 56.7. The van der Waals surface area contributed by atoms with Gasteiger partial charge in [-0.1, -0.05) is 220 Å². The molecular formula is C66H126O8S5Sn2. The van der Waals surface area contributed by atoms with E-state index < -0.39 is 0 Å². The van der Waals surface area contributed by atoms with Gasteiger partial charge < -0.3 is 69.5 Å². The molecule has 0 N–H and O–H groups in total. The van der Waals surface area contributed by atoms with Crippen molar-refractivity contribution in [2.75, 3.05) is 49.4 Å². The van der Waals surface area contributed by atoms with Gasteiger partial charge in [-0.25, -0.2) is 0 Å². The maximum Gasteiger partial charge on any atom is 2.00 e. The van der Waals surface area contributed by atoms with Crippen molar-refractivity contribution in [2.24, 2.45) is 0 Å². The second kappa shape index (κ2) is 96.5. The summed E-state index contributed by atoms with van der Waals surface area (Å²) in [6, 6.07) is 0. The number of allylic oxidation sites excluding steroid dienone is 8. The number of unbranched alkanes of at least 4 members (excludes halogenated alkanes) is 28. The summed E-state index contributed by atoms with van der Waals surface area (Å²) in [5.41, 5.74) is 0. The molecule has 0 bridgehead atoms. The fraction of sp³-hybridized carbons (Fsp3) is 0.818. The quantitative estimate of drug-likeness (QED) is 0.0145. The molecule has 0 saturated carbocycles. The molecule has 0 aliphatic carbocycles.